The predicted octanol–water partition coefficient (Wildman–Crippen LogP) is 2.28. The zero-order valence-electron chi connectivity index (χ0n) is 13.2. The normalized spacial score (nSPS) is 21.3. The van der Waals surface area contributed by atoms with Crippen molar-refractivity contribution >= 4 is 0 Å². The van der Waals surface area contributed by atoms with Gasteiger partial charge in [-0.15, -0.1) is 0 Å². The number of rotatable bonds is 5. The van der Waals surface area contributed by atoms with E-state index in [2.05, 4.69) is 43.1 Å². The minimum atomic E-state index is -0.557. The molecule has 0 radical (unpaired) electrons. The smallest absolute Gasteiger partial charge is 0.141 e. The Morgan fingerprint density at radius 2 is 1.95 bits per heavy atom. The van der Waals surface area contributed by atoms with Crippen molar-refractivity contribution in [2.75, 3.05) is 6.54 Å². The van der Waals surface area contributed by atoms with Crippen molar-refractivity contribution in [1.29, 1.82) is 0 Å². The highest BCUT2D eigenvalue weighted by Crippen LogP contribution is 2.39. The molecule has 2 rings (SSSR count). The lowest BCUT2D eigenvalue weighted by Gasteiger charge is -2.40. The molecule has 0 amide bonds. The Morgan fingerprint density at radius 1 is 1.30 bits per heavy atom. The summed E-state index contributed by atoms with van der Waals surface area (Å²) in [7, 11) is 0. The highest BCUT2D eigenvalue weighted by molar-refractivity contribution is 4.92. The minimum Gasteiger partial charge on any atom is -0.389 e. The Kier molecular flexibility index (Phi) is 4.49. The second kappa shape index (κ2) is 5.82. The fourth-order valence-electron chi connectivity index (χ4n) is 2.81. The first-order chi connectivity index (χ1) is 9.31. The highest BCUT2D eigenvalue weighted by atomic mass is 16.3. The molecule has 5 nitrogen and oxygen atoms in total. The summed E-state index contributed by atoms with van der Waals surface area (Å²) in [5, 5.41) is 18.2. The van der Waals surface area contributed by atoms with Crippen molar-refractivity contribution in [2.24, 2.45) is 5.41 Å². The van der Waals surface area contributed by atoms with Gasteiger partial charge in [-0.1, -0.05) is 13.8 Å². The van der Waals surface area contributed by atoms with E-state index in [9.17, 15) is 5.11 Å². The highest BCUT2D eigenvalue weighted by Gasteiger charge is 2.36. The van der Waals surface area contributed by atoms with Crippen LogP contribution in [-0.4, -0.2) is 32.0 Å². The third-order valence-electron chi connectivity index (χ3n) is 4.41. The maximum atomic E-state index is 10.6. The molecule has 1 heterocycles. The molecule has 5 heteroatoms. The van der Waals surface area contributed by atoms with Gasteiger partial charge in [0.15, 0.2) is 0 Å². The molecule has 1 fully saturated rings. The Bertz CT molecular complexity index is 429. The lowest BCUT2D eigenvalue weighted by Crippen LogP contribution is -2.45. The van der Waals surface area contributed by atoms with E-state index in [4.69, 9.17) is 0 Å². The lowest BCUT2D eigenvalue weighted by molar-refractivity contribution is -0.0246. The van der Waals surface area contributed by atoms with Crippen molar-refractivity contribution in [3.8, 4) is 0 Å². The molecular formula is C15H28N4O. The first kappa shape index (κ1) is 15.4. The molecule has 2 N–H and O–H groups in total. The van der Waals surface area contributed by atoms with E-state index in [-0.39, 0.29) is 0 Å². The molecule has 20 heavy (non-hydrogen) atoms. The molecule has 0 saturated heterocycles. The fourth-order valence-corrected chi connectivity index (χ4v) is 2.81. The molecule has 0 atom stereocenters. The fraction of sp³-hybridized carbons (Fsp3) is 0.867. The molecule has 114 valence electrons. The van der Waals surface area contributed by atoms with Gasteiger partial charge in [-0.05, 0) is 44.9 Å². The van der Waals surface area contributed by atoms with Crippen molar-refractivity contribution < 1.29 is 5.11 Å². The van der Waals surface area contributed by atoms with Gasteiger partial charge in [-0.25, -0.2) is 9.67 Å². The van der Waals surface area contributed by atoms with E-state index in [1.807, 2.05) is 4.68 Å². The van der Waals surface area contributed by atoms with E-state index in [0.29, 0.717) is 24.5 Å². The average molecular weight is 280 g/mol. The molecule has 0 unspecified atom stereocenters. The van der Waals surface area contributed by atoms with Gasteiger partial charge in [-0.3, -0.25) is 0 Å². The Balaban J connectivity index is 1.82. The van der Waals surface area contributed by atoms with Gasteiger partial charge < -0.3 is 10.4 Å². The second-order valence-electron chi connectivity index (χ2n) is 7.21. The summed E-state index contributed by atoms with van der Waals surface area (Å²) in [5.74, 6) is 0.930. The predicted molar refractivity (Wildman–Crippen MR) is 79.3 cm³/mol. The molecule has 0 spiro atoms. The van der Waals surface area contributed by atoms with Gasteiger partial charge in [-0.2, -0.15) is 5.10 Å². The summed E-state index contributed by atoms with van der Waals surface area (Å²) in [4.78, 5) is 4.27. The van der Waals surface area contributed by atoms with Gasteiger partial charge in [0.1, 0.15) is 12.2 Å². The Hall–Kier alpha value is -0.940. The van der Waals surface area contributed by atoms with Crippen LogP contribution in [0.15, 0.2) is 6.33 Å². The standard InChI is InChI=1S/C15H28N4O/c1-12(2)19-13(17-11-18-19)9-16-10-15(20)7-5-14(3,4)6-8-15/h11-12,16,20H,5-10H2,1-4H3. The van der Waals surface area contributed by atoms with Crippen LogP contribution < -0.4 is 5.32 Å². The van der Waals surface area contributed by atoms with Crippen LogP contribution in [-0.2, 0) is 6.54 Å². The molecular weight excluding hydrogens is 252 g/mol. The summed E-state index contributed by atoms with van der Waals surface area (Å²) < 4.78 is 1.92. The number of hydrogen-bond donors (Lipinski definition) is 2. The quantitative estimate of drug-likeness (QED) is 0.868. The van der Waals surface area contributed by atoms with Crippen LogP contribution in [0.4, 0.5) is 0 Å². The molecule has 1 saturated carbocycles. The van der Waals surface area contributed by atoms with Crippen molar-refractivity contribution in [1.82, 2.24) is 20.1 Å². The summed E-state index contributed by atoms with van der Waals surface area (Å²) in [6.07, 6.45) is 5.53. The molecule has 1 aromatic heterocycles. The zero-order chi connectivity index (χ0) is 14.8. The van der Waals surface area contributed by atoms with E-state index >= 15 is 0 Å². The van der Waals surface area contributed by atoms with Crippen LogP contribution in [0, 0.1) is 5.41 Å². The van der Waals surface area contributed by atoms with E-state index in [0.717, 1.165) is 31.5 Å². The Labute approximate surface area is 121 Å². The number of aliphatic hydroxyl groups is 1. The van der Waals surface area contributed by atoms with Gasteiger partial charge in [0.2, 0.25) is 0 Å². The van der Waals surface area contributed by atoms with E-state index in [1.165, 1.54) is 0 Å². The minimum absolute atomic E-state index is 0.313. The molecule has 0 aliphatic heterocycles. The maximum Gasteiger partial charge on any atom is 0.141 e. The Morgan fingerprint density at radius 3 is 2.55 bits per heavy atom. The SMILES string of the molecule is CC(C)n1ncnc1CNCC1(O)CCC(C)(C)CC1. The third kappa shape index (κ3) is 3.79. The van der Waals surface area contributed by atoms with Gasteiger partial charge >= 0.3 is 0 Å². The average Bonchev–Trinajstić information content (AvgIpc) is 2.82. The van der Waals surface area contributed by atoms with Crippen LogP contribution in [0.3, 0.4) is 0 Å². The van der Waals surface area contributed by atoms with Crippen molar-refractivity contribution in [2.45, 2.75) is 71.6 Å². The topological polar surface area (TPSA) is 63.0 Å². The van der Waals surface area contributed by atoms with Crippen LogP contribution in [0.2, 0.25) is 0 Å². The lowest BCUT2D eigenvalue weighted by atomic mass is 9.71. The largest absolute Gasteiger partial charge is 0.389 e. The maximum absolute atomic E-state index is 10.6. The van der Waals surface area contributed by atoms with Crippen molar-refractivity contribution in [3.63, 3.8) is 0 Å². The number of nitrogens with one attached hydrogen (secondary N) is 1. The van der Waals surface area contributed by atoms with Crippen LogP contribution in [0.25, 0.3) is 0 Å². The van der Waals surface area contributed by atoms with E-state index < -0.39 is 5.60 Å². The summed E-state index contributed by atoms with van der Waals surface area (Å²) in [5.41, 5.74) is -0.178. The second-order valence-corrected chi connectivity index (χ2v) is 7.21. The monoisotopic (exact) mass is 280 g/mol. The number of aromatic nitrogens is 3. The van der Waals surface area contributed by atoms with E-state index in [1.54, 1.807) is 6.33 Å². The number of hydrogen-bond acceptors (Lipinski definition) is 4. The zero-order valence-corrected chi connectivity index (χ0v) is 13.2. The van der Waals surface area contributed by atoms with Crippen LogP contribution >= 0.6 is 0 Å². The van der Waals surface area contributed by atoms with Crippen LogP contribution in [0.1, 0.15) is 65.2 Å². The first-order valence-corrected chi connectivity index (χ1v) is 7.63. The van der Waals surface area contributed by atoms with Gasteiger partial charge in [0.05, 0.1) is 12.1 Å². The summed E-state index contributed by atoms with van der Waals surface area (Å²) >= 11 is 0. The summed E-state index contributed by atoms with van der Waals surface area (Å²) in [6, 6.07) is 0.313. The van der Waals surface area contributed by atoms with Gasteiger partial charge in [0, 0.05) is 12.6 Å². The molecule has 0 aromatic carbocycles. The third-order valence-corrected chi connectivity index (χ3v) is 4.41. The number of nitrogens with zero attached hydrogens (tertiary/aromatic N) is 3. The summed E-state index contributed by atoms with van der Waals surface area (Å²) in [6.45, 7) is 10.0. The molecule has 0 bridgehead atoms. The van der Waals surface area contributed by atoms with Gasteiger partial charge in [0.25, 0.3) is 0 Å². The molecule has 1 aromatic rings. The van der Waals surface area contributed by atoms with Crippen molar-refractivity contribution in [3.05, 3.63) is 12.2 Å². The first-order valence-electron chi connectivity index (χ1n) is 7.63. The molecule has 1 aliphatic rings. The molecule has 1 aliphatic carbocycles. The van der Waals surface area contributed by atoms with Crippen LogP contribution in [0.5, 0.6) is 0 Å².